The van der Waals surface area contributed by atoms with Crippen LogP contribution in [0.5, 0.6) is 11.5 Å². The minimum atomic E-state index is -0.251. The van der Waals surface area contributed by atoms with E-state index in [0.717, 1.165) is 17.9 Å². The van der Waals surface area contributed by atoms with Gasteiger partial charge in [0, 0.05) is 11.8 Å². The maximum Gasteiger partial charge on any atom is 0.258 e. The zero-order valence-electron chi connectivity index (χ0n) is 14.4. The van der Waals surface area contributed by atoms with E-state index in [4.69, 9.17) is 32.7 Å². The van der Waals surface area contributed by atoms with Gasteiger partial charge in [0.25, 0.3) is 5.91 Å². The lowest BCUT2D eigenvalue weighted by molar-refractivity contribution is -0.159. The largest absolute Gasteiger partial charge is 0.492 e. The number of carbonyl (C=O) groups is 1. The molecule has 1 amide bonds. The first-order chi connectivity index (χ1) is 13.1. The summed E-state index contributed by atoms with van der Waals surface area (Å²) in [6, 6.07) is 12.0. The number of hydrogen-bond donors (Lipinski definition) is 2. The van der Waals surface area contributed by atoms with Crippen molar-refractivity contribution in [3.63, 3.8) is 0 Å². The molecule has 0 fully saturated rings. The minimum absolute atomic E-state index is 0.0961. The standard InChI is InChI=1S/C17H18Cl2N2O5S/c1-23-26-27-21-12-2-4-13(5-3-12)25-11-17(22)20-8-9-24-14-6-7-15(18)16(19)10-14/h2-7,10,21H,8-9,11H2,1H3,(H,20,22). The van der Waals surface area contributed by atoms with E-state index in [1.807, 2.05) is 0 Å². The third kappa shape index (κ3) is 8.15. The van der Waals surface area contributed by atoms with Gasteiger partial charge in [0.2, 0.25) is 0 Å². The Morgan fingerprint density at radius 3 is 2.48 bits per heavy atom. The zero-order valence-corrected chi connectivity index (χ0v) is 16.7. The summed E-state index contributed by atoms with van der Waals surface area (Å²) in [5.41, 5.74) is 0.799. The number of benzene rings is 2. The molecule has 2 N–H and O–H groups in total. The van der Waals surface area contributed by atoms with E-state index in [9.17, 15) is 4.79 Å². The number of nitrogens with one attached hydrogen (secondary N) is 2. The van der Waals surface area contributed by atoms with Gasteiger partial charge in [-0.1, -0.05) is 23.2 Å². The second-order valence-corrected chi connectivity index (χ2v) is 6.33. The molecule has 2 aromatic carbocycles. The molecule has 27 heavy (non-hydrogen) atoms. The first-order valence-electron chi connectivity index (χ1n) is 7.78. The Hall–Kier alpha value is -1.84. The van der Waals surface area contributed by atoms with Gasteiger partial charge in [0.1, 0.15) is 30.3 Å². The Labute approximate surface area is 171 Å². The molecule has 2 aromatic rings. The van der Waals surface area contributed by atoms with E-state index in [0.29, 0.717) is 34.7 Å². The van der Waals surface area contributed by atoms with Crippen LogP contribution in [-0.2, 0) is 14.0 Å². The van der Waals surface area contributed by atoms with Crippen molar-refractivity contribution in [3.8, 4) is 11.5 Å². The predicted octanol–water partition coefficient (Wildman–Crippen LogP) is 4.12. The van der Waals surface area contributed by atoms with Gasteiger partial charge in [0.05, 0.1) is 23.7 Å². The van der Waals surface area contributed by atoms with E-state index < -0.39 is 0 Å². The topological polar surface area (TPSA) is 78.0 Å². The van der Waals surface area contributed by atoms with E-state index in [2.05, 4.69) is 19.3 Å². The average Bonchev–Trinajstić information content (AvgIpc) is 2.67. The zero-order chi connectivity index (χ0) is 19.5. The smallest absolute Gasteiger partial charge is 0.258 e. The molecular weight excluding hydrogens is 415 g/mol. The van der Waals surface area contributed by atoms with Crippen molar-refractivity contribution in [2.24, 2.45) is 0 Å². The molecule has 0 atom stereocenters. The predicted molar refractivity (Wildman–Crippen MR) is 106 cm³/mol. The number of ether oxygens (including phenoxy) is 2. The highest BCUT2D eigenvalue weighted by atomic mass is 35.5. The summed E-state index contributed by atoms with van der Waals surface area (Å²) in [6.07, 6.45) is 0. The fourth-order valence-corrected chi connectivity index (χ4v) is 2.47. The molecule has 0 aliphatic rings. The molecule has 0 radical (unpaired) electrons. The summed E-state index contributed by atoms with van der Waals surface area (Å²) in [6.45, 7) is 0.536. The van der Waals surface area contributed by atoms with Crippen molar-refractivity contribution in [2.45, 2.75) is 0 Å². The molecule has 0 aromatic heterocycles. The SMILES string of the molecule is COOSNc1ccc(OCC(=O)NCCOc2ccc(Cl)c(Cl)c2)cc1. The quantitative estimate of drug-likeness (QED) is 0.182. The Morgan fingerprint density at radius 1 is 1.04 bits per heavy atom. The minimum Gasteiger partial charge on any atom is -0.492 e. The van der Waals surface area contributed by atoms with Crippen LogP contribution in [0.25, 0.3) is 0 Å². The molecule has 0 aliphatic heterocycles. The fourth-order valence-electron chi connectivity index (χ4n) is 1.84. The molecule has 7 nitrogen and oxygen atoms in total. The lowest BCUT2D eigenvalue weighted by Gasteiger charge is -2.10. The molecule has 10 heteroatoms. The third-order valence-electron chi connectivity index (χ3n) is 3.07. The van der Waals surface area contributed by atoms with Gasteiger partial charge >= 0.3 is 0 Å². The Balaban J connectivity index is 1.62. The van der Waals surface area contributed by atoms with Crippen molar-refractivity contribution in [3.05, 3.63) is 52.5 Å². The van der Waals surface area contributed by atoms with Crippen molar-refractivity contribution in [1.82, 2.24) is 5.32 Å². The Morgan fingerprint density at radius 2 is 1.78 bits per heavy atom. The van der Waals surface area contributed by atoms with Crippen LogP contribution >= 0.6 is 35.4 Å². The fraction of sp³-hybridized carbons (Fsp3) is 0.235. The van der Waals surface area contributed by atoms with Gasteiger partial charge in [-0.15, -0.1) is 4.33 Å². The van der Waals surface area contributed by atoms with Crippen LogP contribution < -0.4 is 19.5 Å². The van der Waals surface area contributed by atoms with E-state index in [-0.39, 0.29) is 12.5 Å². The molecule has 0 bridgehead atoms. The molecule has 0 saturated heterocycles. The summed E-state index contributed by atoms with van der Waals surface area (Å²) in [5.74, 6) is 0.900. The Bertz CT molecular complexity index is 734. The van der Waals surface area contributed by atoms with Gasteiger partial charge in [-0.2, -0.15) is 0 Å². The maximum atomic E-state index is 11.8. The highest BCUT2D eigenvalue weighted by molar-refractivity contribution is 7.95. The summed E-state index contributed by atoms with van der Waals surface area (Å²) in [5, 5.41) is 3.57. The summed E-state index contributed by atoms with van der Waals surface area (Å²) in [7, 11) is 1.41. The molecule has 2 rings (SSSR count). The molecular formula is C17H18Cl2N2O5S. The second-order valence-electron chi connectivity index (χ2n) is 5.01. The number of rotatable bonds is 11. The second kappa shape index (κ2) is 11.8. The summed E-state index contributed by atoms with van der Waals surface area (Å²) >= 11 is 12.7. The van der Waals surface area contributed by atoms with Crippen LogP contribution in [0.2, 0.25) is 10.0 Å². The van der Waals surface area contributed by atoms with Gasteiger partial charge in [-0.05, 0) is 36.4 Å². The van der Waals surface area contributed by atoms with Crippen molar-refractivity contribution < 1.29 is 23.5 Å². The van der Waals surface area contributed by atoms with Crippen LogP contribution in [0.3, 0.4) is 0 Å². The van der Waals surface area contributed by atoms with Crippen molar-refractivity contribution in [2.75, 3.05) is 31.6 Å². The number of anilines is 1. The molecule has 0 spiro atoms. The van der Waals surface area contributed by atoms with E-state index in [1.54, 1.807) is 42.5 Å². The number of carbonyl (C=O) groups excluding carboxylic acids is 1. The molecule has 0 aliphatic carbocycles. The van der Waals surface area contributed by atoms with Crippen LogP contribution in [-0.4, -0.2) is 32.8 Å². The first kappa shape index (κ1) is 21.5. The van der Waals surface area contributed by atoms with Gasteiger partial charge in [0.15, 0.2) is 6.61 Å². The summed E-state index contributed by atoms with van der Waals surface area (Å²) in [4.78, 5) is 16.2. The monoisotopic (exact) mass is 432 g/mol. The molecule has 0 saturated carbocycles. The van der Waals surface area contributed by atoms with Crippen LogP contribution in [0, 0.1) is 0 Å². The number of amides is 1. The molecule has 146 valence electrons. The van der Waals surface area contributed by atoms with Crippen molar-refractivity contribution in [1.29, 1.82) is 0 Å². The first-order valence-corrected chi connectivity index (χ1v) is 9.28. The van der Waals surface area contributed by atoms with E-state index >= 15 is 0 Å². The van der Waals surface area contributed by atoms with Gasteiger partial charge in [-0.25, -0.2) is 4.89 Å². The van der Waals surface area contributed by atoms with E-state index in [1.165, 1.54) is 7.11 Å². The van der Waals surface area contributed by atoms with Crippen LogP contribution in [0.1, 0.15) is 0 Å². The third-order valence-corrected chi connectivity index (χ3v) is 4.33. The van der Waals surface area contributed by atoms with Crippen molar-refractivity contribution >= 4 is 47.0 Å². The lowest BCUT2D eigenvalue weighted by atomic mass is 10.3. The van der Waals surface area contributed by atoms with Crippen LogP contribution in [0.4, 0.5) is 5.69 Å². The van der Waals surface area contributed by atoms with Gasteiger partial charge < -0.3 is 19.5 Å². The highest BCUT2D eigenvalue weighted by Crippen LogP contribution is 2.26. The maximum absolute atomic E-state index is 11.8. The number of halogens is 2. The number of hydrogen-bond acceptors (Lipinski definition) is 7. The molecule has 0 heterocycles. The van der Waals surface area contributed by atoms with Gasteiger partial charge in [-0.3, -0.25) is 4.79 Å². The summed E-state index contributed by atoms with van der Waals surface area (Å²) < 4.78 is 18.4. The van der Waals surface area contributed by atoms with Crippen LogP contribution in [0.15, 0.2) is 42.5 Å². The normalized spacial score (nSPS) is 10.3. The average molecular weight is 433 g/mol. The highest BCUT2D eigenvalue weighted by Gasteiger charge is 2.04. The lowest BCUT2D eigenvalue weighted by Crippen LogP contribution is -2.32. The Kier molecular flexibility index (Phi) is 9.37. The molecule has 0 unspecified atom stereocenters.